The summed E-state index contributed by atoms with van der Waals surface area (Å²) in [7, 11) is 0. The van der Waals surface area contributed by atoms with E-state index >= 15 is 0 Å². The van der Waals surface area contributed by atoms with Gasteiger partial charge in [0.25, 0.3) is 0 Å². The van der Waals surface area contributed by atoms with Crippen LogP contribution in [0.25, 0.3) is 0 Å². The van der Waals surface area contributed by atoms with Crippen molar-refractivity contribution < 1.29 is 4.39 Å². The molecule has 0 amide bonds. The minimum Gasteiger partial charge on any atom is -0.306 e. The zero-order chi connectivity index (χ0) is 13.1. The van der Waals surface area contributed by atoms with Crippen molar-refractivity contribution in [3.8, 4) is 0 Å². The second-order valence-corrected chi connectivity index (χ2v) is 6.29. The second kappa shape index (κ2) is 6.07. The Morgan fingerprint density at radius 3 is 2.83 bits per heavy atom. The molecule has 1 aliphatic carbocycles. The number of halogens is 1. The Morgan fingerprint density at radius 1 is 1.39 bits per heavy atom. The Balaban J connectivity index is 2.02. The highest BCUT2D eigenvalue weighted by Crippen LogP contribution is 2.30. The van der Waals surface area contributed by atoms with Gasteiger partial charge in [-0.1, -0.05) is 18.6 Å². The van der Waals surface area contributed by atoms with Crippen LogP contribution in [0.15, 0.2) is 18.2 Å². The maximum absolute atomic E-state index is 13.6. The first-order valence-electron chi connectivity index (χ1n) is 6.66. The Bertz CT molecular complexity index is 407. The third kappa shape index (κ3) is 3.07. The van der Waals surface area contributed by atoms with Crippen molar-refractivity contribution in [2.45, 2.75) is 50.4 Å². The molecule has 1 fully saturated rings. The molecule has 1 aromatic rings. The molecule has 0 bridgehead atoms. The molecule has 0 saturated heterocycles. The van der Waals surface area contributed by atoms with Gasteiger partial charge in [0.1, 0.15) is 5.82 Å². The van der Waals surface area contributed by atoms with Gasteiger partial charge in [0.05, 0.1) is 0 Å². The zero-order valence-electron chi connectivity index (χ0n) is 11.4. The molecule has 0 spiro atoms. The van der Waals surface area contributed by atoms with Crippen molar-refractivity contribution in [3.05, 3.63) is 35.1 Å². The van der Waals surface area contributed by atoms with Gasteiger partial charge in [-0.2, -0.15) is 11.8 Å². The first kappa shape index (κ1) is 13.9. The molecule has 0 aromatic heterocycles. The molecule has 3 heteroatoms. The van der Waals surface area contributed by atoms with E-state index < -0.39 is 0 Å². The SMILES string of the molecule is CSC1CCCC1NC(C)c1ccc(C)c(F)c1. The molecule has 18 heavy (non-hydrogen) atoms. The average Bonchev–Trinajstić information content (AvgIpc) is 2.79. The average molecular weight is 267 g/mol. The Morgan fingerprint density at radius 2 is 2.17 bits per heavy atom. The summed E-state index contributed by atoms with van der Waals surface area (Å²) in [4.78, 5) is 0. The van der Waals surface area contributed by atoms with Gasteiger partial charge in [0.2, 0.25) is 0 Å². The van der Waals surface area contributed by atoms with Crippen LogP contribution in [-0.4, -0.2) is 17.5 Å². The minimum atomic E-state index is -0.103. The second-order valence-electron chi connectivity index (χ2n) is 5.21. The summed E-state index contributed by atoms with van der Waals surface area (Å²) in [5.74, 6) is -0.103. The number of hydrogen-bond donors (Lipinski definition) is 1. The van der Waals surface area contributed by atoms with Crippen LogP contribution in [-0.2, 0) is 0 Å². The van der Waals surface area contributed by atoms with Crippen LogP contribution < -0.4 is 5.32 Å². The molecule has 1 aromatic carbocycles. The third-order valence-electron chi connectivity index (χ3n) is 3.92. The number of aryl methyl sites for hydroxylation is 1. The minimum absolute atomic E-state index is 0.103. The highest BCUT2D eigenvalue weighted by Gasteiger charge is 2.27. The fourth-order valence-corrected chi connectivity index (χ4v) is 3.64. The predicted molar refractivity (Wildman–Crippen MR) is 77.6 cm³/mol. The van der Waals surface area contributed by atoms with Crippen molar-refractivity contribution >= 4 is 11.8 Å². The zero-order valence-corrected chi connectivity index (χ0v) is 12.2. The Hall–Kier alpha value is -0.540. The van der Waals surface area contributed by atoms with Crippen molar-refractivity contribution in [2.24, 2.45) is 0 Å². The van der Waals surface area contributed by atoms with Crippen LogP contribution in [0, 0.1) is 12.7 Å². The lowest BCUT2D eigenvalue weighted by molar-refractivity contribution is 0.465. The van der Waals surface area contributed by atoms with Crippen molar-refractivity contribution in [3.63, 3.8) is 0 Å². The molecule has 1 nitrogen and oxygen atoms in total. The van der Waals surface area contributed by atoms with Crippen molar-refractivity contribution in [1.82, 2.24) is 5.32 Å². The van der Waals surface area contributed by atoms with Gasteiger partial charge < -0.3 is 5.32 Å². The molecule has 0 heterocycles. The van der Waals surface area contributed by atoms with Crippen molar-refractivity contribution in [1.29, 1.82) is 0 Å². The fraction of sp³-hybridized carbons (Fsp3) is 0.600. The number of benzene rings is 1. The highest BCUT2D eigenvalue weighted by molar-refractivity contribution is 7.99. The van der Waals surface area contributed by atoms with E-state index in [-0.39, 0.29) is 11.9 Å². The van der Waals surface area contributed by atoms with E-state index in [1.54, 1.807) is 13.0 Å². The predicted octanol–water partition coefficient (Wildman–Crippen LogP) is 4.07. The number of nitrogens with one attached hydrogen (secondary N) is 1. The molecular formula is C15H22FNS. The highest BCUT2D eigenvalue weighted by atomic mass is 32.2. The lowest BCUT2D eigenvalue weighted by atomic mass is 10.0. The largest absolute Gasteiger partial charge is 0.306 e. The quantitative estimate of drug-likeness (QED) is 0.882. The van der Waals surface area contributed by atoms with Gasteiger partial charge in [0, 0.05) is 17.3 Å². The molecule has 2 rings (SSSR count). The first-order valence-corrected chi connectivity index (χ1v) is 7.95. The van der Waals surface area contributed by atoms with E-state index in [4.69, 9.17) is 0 Å². The summed E-state index contributed by atoms with van der Waals surface area (Å²) in [6.45, 7) is 3.93. The van der Waals surface area contributed by atoms with E-state index in [9.17, 15) is 4.39 Å². The monoisotopic (exact) mass is 267 g/mol. The molecule has 1 saturated carbocycles. The number of thioether (sulfide) groups is 1. The lowest BCUT2D eigenvalue weighted by Crippen LogP contribution is -2.35. The van der Waals surface area contributed by atoms with Gasteiger partial charge >= 0.3 is 0 Å². The van der Waals surface area contributed by atoms with Gasteiger partial charge in [-0.05, 0) is 50.1 Å². The van der Waals surface area contributed by atoms with E-state index in [2.05, 4.69) is 18.5 Å². The van der Waals surface area contributed by atoms with E-state index in [0.29, 0.717) is 16.9 Å². The molecular weight excluding hydrogens is 245 g/mol. The van der Waals surface area contributed by atoms with Crippen LogP contribution in [0.3, 0.4) is 0 Å². The van der Waals surface area contributed by atoms with E-state index in [1.165, 1.54) is 19.3 Å². The lowest BCUT2D eigenvalue weighted by Gasteiger charge is -2.24. The molecule has 3 unspecified atom stereocenters. The summed E-state index contributed by atoms with van der Waals surface area (Å²) >= 11 is 1.95. The standard InChI is InChI=1S/C15H22FNS/c1-10-7-8-12(9-13(10)16)11(2)17-14-5-4-6-15(14)18-3/h7-9,11,14-15,17H,4-6H2,1-3H3. The van der Waals surface area contributed by atoms with Gasteiger partial charge in [-0.3, -0.25) is 0 Å². The van der Waals surface area contributed by atoms with E-state index in [0.717, 1.165) is 5.56 Å². The summed E-state index contributed by atoms with van der Waals surface area (Å²) in [5.41, 5.74) is 1.76. The van der Waals surface area contributed by atoms with Crippen LogP contribution >= 0.6 is 11.8 Å². The molecule has 100 valence electrons. The van der Waals surface area contributed by atoms with Crippen LogP contribution in [0.2, 0.25) is 0 Å². The Kier molecular flexibility index (Phi) is 4.68. The third-order valence-corrected chi connectivity index (χ3v) is 5.09. The normalized spacial score (nSPS) is 25.3. The smallest absolute Gasteiger partial charge is 0.126 e. The topological polar surface area (TPSA) is 12.0 Å². The van der Waals surface area contributed by atoms with Gasteiger partial charge in [-0.25, -0.2) is 4.39 Å². The summed E-state index contributed by atoms with van der Waals surface area (Å²) in [6.07, 6.45) is 6.02. The molecule has 0 aliphatic heterocycles. The van der Waals surface area contributed by atoms with Crippen molar-refractivity contribution in [2.75, 3.05) is 6.26 Å². The summed E-state index contributed by atoms with van der Waals surface area (Å²) in [5, 5.41) is 4.37. The number of rotatable bonds is 4. The van der Waals surface area contributed by atoms with Crippen LogP contribution in [0.4, 0.5) is 4.39 Å². The summed E-state index contributed by atoms with van der Waals surface area (Å²) < 4.78 is 13.6. The fourth-order valence-electron chi connectivity index (χ4n) is 2.69. The van der Waals surface area contributed by atoms with E-state index in [1.807, 2.05) is 23.9 Å². The molecule has 1 N–H and O–H groups in total. The number of hydrogen-bond acceptors (Lipinski definition) is 2. The molecule has 1 aliphatic rings. The maximum atomic E-state index is 13.6. The van der Waals surface area contributed by atoms with Gasteiger partial charge in [0.15, 0.2) is 0 Å². The van der Waals surface area contributed by atoms with Gasteiger partial charge in [-0.15, -0.1) is 0 Å². The first-order chi connectivity index (χ1) is 8.61. The molecule has 0 radical (unpaired) electrons. The van der Waals surface area contributed by atoms with Crippen LogP contribution in [0.1, 0.15) is 43.4 Å². The summed E-state index contributed by atoms with van der Waals surface area (Å²) in [6, 6.07) is 6.34. The molecule has 3 atom stereocenters. The van der Waals surface area contributed by atoms with Crippen LogP contribution in [0.5, 0.6) is 0 Å². The Labute approximate surface area is 114 Å². The maximum Gasteiger partial charge on any atom is 0.126 e.